The first-order valence-electron chi connectivity index (χ1n) is 9.13. The quantitative estimate of drug-likeness (QED) is 0.405. The van der Waals surface area contributed by atoms with Crippen LogP contribution in [0.4, 0.5) is 5.82 Å². The summed E-state index contributed by atoms with van der Waals surface area (Å²) < 4.78 is 3.50. The molecule has 5 nitrogen and oxygen atoms in total. The fourth-order valence-electron chi connectivity index (χ4n) is 3.48. The molecule has 0 amide bonds. The van der Waals surface area contributed by atoms with E-state index in [9.17, 15) is 0 Å². The number of halogens is 1. The van der Waals surface area contributed by atoms with Gasteiger partial charge in [0, 0.05) is 15.0 Å². The van der Waals surface area contributed by atoms with E-state index in [1.54, 1.807) is 11.8 Å². The number of aromatic nitrogens is 4. The third-order valence-corrected chi connectivity index (χ3v) is 7.17. The average molecular weight is 479 g/mol. The molecular formula is C19H22IN5S. The molecule has 4 rings (SSSR count). The van der Waals surface area contributed by atoms with Gasteiger partial charge in [-0.15, -0.1) is 0 Å². The summed E-state index contributed by atoms with van der Waals surface area (Å²) in [7, 11) is 0. The van der Waals surface area contributed by atoms with Crippen molar-refractivity contribution in [3.63, 3.8) is 0 Å². The number of fused-ring (bicyclic) bond motifs is 2. The van der Waals surface area contributed by atoms with Crippen molar-refractivity contribution in [2.75, 3.05) is 5.73 Å². The predicted octanol–water partition coefficient (Wildman–Crippen LogP) is 4.84. The Kier molecular flexibility index (Phi) is 5.35. The molecular weight excluding hydrogens is 457 g/mol. The number of nitrogens with zero attached hydrogens (tertiary/aromatic N) is 4. The van der Waals surface area contributed by atoms with Gasteiger partial charge in [-0.25, -0.2) is 15.0 Å². The summed E-state index contributed by atoms with van der Waals surface area (Å²) in [5.41, 5.74) is 10.6. The monoisotopic (exact) mass is 479 g/mol. The average Bonchev–Trinajstić information content (AvgIpc) is 3.21. The topological polar surface area (TPSA) is 69.6 Å². The Balaban J connectivity index is 1.73. The molecule has 0 saturated carbocycles. The first-order chi connectivity index (χ1) is 12.7. The second-order valence-electron chi connectivity index (χ2n) is 6.69. The van der Waals surface area contributed by atoms with E-state index < -0.39 is 0 Å². The van der Waals surface area contributed by atoms with Gasteiger partial charge in [-0.1, -0.05) is 31.5 Å². The Hall–Kier alpha value is -1.35. The smallest absolute Gasteiger partial charge is 0.175 e. The summed E-state index contributed by atoms with van der Waals surface area (Å²) in [5.74, 6) is 0.453. The van der Waals surface area contributed by atoms with Crippen molar-refractivity contribution in [2.45, 2.75) is 62.0 Å². The zero-order valence-corrected chi connectivity index (χ0v) is 17.8. The summed E-state index contributed by atoms with van der Waals surface area (Å²) in [4.78, 5) is 14.6. The minimum Gasteiger partial charge on any atom is -0.382 e. The summed E-state index contributed by atoms with van der Waals surface area (Å²) in [6, 6.07) is 4.68. The first-order valence-corrected chi connectivity index (χ1v) is 11.0. The number of rotatable bonds is 6. The molecule has 0 spiro atoms. The lowest BCUT2D eigenvalue weighted by molar-refractivity contribution is 0.575. The van der Waals surface area contributed by atoms with E-state index in [0.29, 0.717) is 11.3 Å². The minimum atomic E-state index is 0.453. The van der Waals surface area contributed by atoms with E-state index in [1.165, 1.54) is 58.0 Å². The van der Waals surface area contributed by atoms with Crippen molar-refractivity contribution in [2.24, 2.45) is 0 Å². The molecule has 136 valence electrons. The Labute approximate surface area is 171 Å². The summed E-state index contributed by atoms with van der Waals surface area (Å²) >= 11 is 4.16. The molecule has 26 heavy (non-hydrogen) atoms. The van der Waals surface area contributed by atoms with Crippen LogP contribution in [0.25, 0.3) is 11.2 Å². The van der Waals surface area contributed by atoms with E-state index in [-0.39, 0.29) is 0 Å². The number of nitrogens with two attached hydrogens (primary N) is 1. The Bertz CT molecular complexity index is 953. The summed E-state index contributed by atoms with van der Waals surface area (Å²) in [6.45, 7) is 3.12. The predicted molar refractivity (Wildman–Crippen MR) is 115 cm³/mol. The van der Waals surface area contributed by atoms with Crippen LogP contribution >= 0.6 is 34.4 Å². The minimum absolute atomic E-state index is 0.453. The maximum atomic E-state index is 6.05. The summed E-state index contributed by atoms with van der Waals surface area (Å²) in [6.07, 6.45) is 8.68. The molecule has 2 aromatic heterocycles. The van der Waals surface area contributed by atoms with Crippen molar-refractivity contribution in [3.8, 4) is 0 Å². The number of aryl methyl sites for hydroxylation is 3. The molecule has 7 heteroatoms. The molecule has 0 atom stereocenters. The maximum Gasteiger partial charge on any atom is 0.175 e. The van der Waals surface area contributed by atoms with Gasteiger partial charge in [0.05, 0.1) is 0 Å². The van der Waals surface area contributed by atoms with Crippen LogP contribution in [0.2, 0.25) is 0 Å². The van der Waals surface area contributed by atoms with Crippen molar-refractivity contribution < 1.29 is 0 Å². The van der Waals surface area contributed by atoms with Gasteiger partial charge in [-0.2, -0.15) is 0 Å². The fourth-order valence-corrected chi connectivity index (χ4v) is 5.32. The number of unbranched alkanes of at least 4 members (excludes halogenated alkanes) is 2. The maximum absolute atomic E-state index is 6.05. The van der Waals surface area contributed by atoms with E-state index in [0.717, 1.165) is 23.8 Å². The highest BCUT2D eigenvalue weighted by Crippen LogP contribution is 2.37. The van der Waals surface area contributed by atoms with Gasteiger partial charge in [0.1, 0.15) is 6.33 Å². The molecule has 0 saturated heterocycles. The normalized spacial score (nSPS) is 13.5. The highest BCUT2D eigenvalue weighted by molar-refractivity contribution is 14.1. The molecule has 1 aliphatic carbocycles. The fraction of sp³-hybridized carbons (Fsp3) is 0.421. The third-order valence-electron chi connectivity index (χ3n) is 4.86. The molecule has 0 unspecified atom stereocenters. The first kappa shape index (κ1) is 18.0. The highest BCUT2D eigenvalue weighted by atomic mass is 127. The van der Waals surface area contributed by atoms with E-state index in [1.807, 2.05) is 0 Å². The van der Waals surface area contributed by atoms with Crippen LogP contribution in [0.3, 0.4) is 0 Å². The van der Waals surface area contributed by atoms with Gasteiger partial charge in [0.15, 0.2) is 22.1 Å². The van der Waals surface area contributed by atoms with Crippen LogP contribution in [0.15, 0.2) is 28.5 Å². The van der Waals surface area contributed by atoms with Crippen LogP contribution in [-0.4, -0.2) is 19.5 Å². The molecule has 0 bridgehead atoms. The second-order valence-corrected chi connectivity index (χ2v) is 8.86. The standard InChI is InChI=1S/C19H22IN5S/c1-2-3-4-8-25-18-16(17(21)22-11-23-18)24-19(25)26-15-10-13-7-5-6-12(13)9-14(15)20/h9-11H,2-8H2,1H3,(H2,21,22,23). The number of imidazole rings is 1. The van der Waals surface area contributed by atoms with Gasteiger partial charge in [0.25, 0.3) is 0 Å². The Morgan fingerprint density at radius 2 is 2.00 bits per heavy atom. The molecule has 1 aromatic carbocycles. The lowest BCUT2D eigenvalue weighted by atomic mass is 10.1. The number of benzene rings is 1. The molecule has 0 aliphatic heterocycles. The SMILES string of the molecule is CCCCCn1c(Sc2cc3c(cc2I)CCC3)nc2c(N)ncnc21. The zero-order chi connectivity index (χ0) is 18.1. The van der Waals surface area contributed by atoms with Gasteiger partial charge in [-0.05, 0) is 71.5 Å². The molecule has 3 aromatic rings. The number of nitrogen functional groups attached to an aromatic ring is 1. The van der Waals surface area contributed by atoms with Crippen molar-refractivity contribution in [1.82, 2.24) is 19.5 Å². The van der Waals surface area contributed by atoms with Crippen LogP contribution in [-0.2, 0) is 19.4 Å². The summed E-state index contributed by atoms with van der Waals surface area (Å²) in [5, 5.41) is 0.958. The van der Waals surface area contributed by atoms with E-state index in [4.69, 9.17) is 10.7 Å². The zero-order valence-electron chi connectivity index (χ0n) is 14.8. The number of hydrogen-bond acceptors (Lipinski definition) is 5. The molecule has 1 aliphatic rings. The lowest BCUT2D eigenvalue weighted by Crippen LogP contribution is -2.02. The van der Waals surface area contributed by atoms with Crippen molar-refractivity contribution in [1.29, 1.82) is 0 Å². The van der Waals surface area contributed by atoms with Gasteiger partial charge >= 0.3 is 0 Å². The number of anilines is 1. The molecule has 0 radical (unpaired) electrons. The van der Waals surface area contributed by atoms with Crippen LogP contribution in [0.1, 0.15) is 43.7 Å². The van der Waals surface area contributed by atoms with E-state index >= 15 is 0 Å². The highest BCUT2D eigenvalue weighted by Gasteiger charge is 2.19. The second kappa shape index (κ2) is 7.72. The van der Waals surface area contributed by atoms with Crippen LogP contribution < -0.4 is 5.73 Å². The largest absolute Gasteiger partial charge is 0.382 e. The van der Waals surface area contributed by atoms with Crippen molar-refractivity contribution >= 4 is 51.3 Å². The molecule has 2 N–H and O–H groups in total. The lowest BCUT2D eigenvalue weighted by Gasteiger charge is -2.10. The third kappa shape index (κ3) is 3.43. The molecule has 0 fully saturated rings. The van der Waals surface area contributed by atoms with Gasteiger partial charge in [0.2, 0.25) is 0 Å². The van der Waals surface area contributed by atoms with Gasteiger partial charge < -0.3 is 10.3 Å². The van der Waals surface area contributed by atoms with Gasteiger partial charge in [-0.3, -0.25) is 0 Å². The Morgan fingerprint density at radius 3 is 2.81 bits per heavy atom. The van der Waals surface area contributed by atoms with E-state index in [2.05, 4.69) is 56.2 Å². The molecule has 2 heterocycles. The van der Waals surface area contributed by atoms with Crippen LogP contribution in [0, 0.1) is 3.57 Å². The van der Waals surface area contributed by atoms with Crippen LogP contribution in [0.5, 0.6) is 0 Å². The number of hydrogen-bond donors (Lipinski definition) is 1. The Morgan fingerprint density at radius 1 is 1.19 bits per heavy atom. The van der Waals surface area contributed by atoms with Crippen molar-refractivity contribution in [3.05, 3.63) is 33.2 Å².